The third-order valence-electron chi connectivity index (χ3n) is 10.7. The molecular weight excluding hydrogens is 580 g/mol. The van der Waals surface area contributed by atoms with Gasteiger partial charge in [0, 0.05) is 69.9 Å². The summed E-state index contributed by atoms with van der Waals surface area (Å²) in [4.78, 5) is 51.2. The summed E-state index contributed by atoms with van der Waals surface area (Å²) in [6.07, 6.45) is 4.94. The monoisotopic (exact) mass is 630 g/mol. The number of fused-ring (bicyclic) bond motifs is 1. The highest BCUT2D eigenvalue weighted by molar-refractivity contribution is 5.91. The molecule has 248 valence electrons. The zero-order valence-corrected chi connectivity index (χ0v) is 27.7. The van der Waals surface area contributed by atoms with Crippen LogP contribution in [-0.2, 0) is 22.6 Å². The summed E-state index contributed by atoms with van der Waals surface area (Å²) >= 11 is 0. The maximum Gasteiger partial charge on any atom is 0.411 e. The van der Waals surface area contributed by atoms with Gasteiger partial charge in [0.2, 0.25) is 0 Å². The van der Waals surface area contributed by atoms with Gasteiger partial charge in [0.05, 0.1) is 0 Å². The Morgan fingerprint density at radius 1 is 0.935 bits per heavy atom. The molecule has 3 saturated heterocycles. The van der Waals surface area contributed by atoms with E-state index in [0.29, 0.717) is 32.0 Å². The van der Waals surface area contributed by atoms with E-state index in [-0.39, 0.29) is 25.1 Å². The summed E-state index contributed by atoms with van der Waals surface area (Å²) in [6.45, 7) is 10.8. The highest BCUT2D eigenvalue weighted by atomic mass is 16.6. The van der Waals surface area contributed by atoms with Crippen LogP contribution >= 0.6 is 0 Å². The number of nitrogens with one attached hydrogen (secondary N) is 1. The lowest BCUT2D eigenvalue weighted by Gasteiger charge is -2.57. The highest BCUT2D eigenvalue weighted by Gasteiger charge is 2.52. The largest absolute Gasteiger partial charge is 0.445 e. The third-order valence-corrected chi connectivity index (χ3v) is 10.7. The van der Waals surface area contributed by atoms with Gasteiger partial charge in [-0.3, -0.25) is 14.7 Å². The van der Waals surface area contributed by atoms with Crippen molar-refractivity contribution in [1.29, 1.82) is 0 Å². The van der Waals surface area contributed by atoms with Gasteiger partial charge in [-0.15, -0.1) is 0 Å². The van der Waals surface area contributed by atoms with Crippen LogP contribution in [0.15, 0.2) is 42.5 Å². The standard InChI is InChI=1S/C36H50N6O4/c1-27-22-28(2)24-29(23-27)26-46-35(45)42-16-11-32(41-15-8-30-6-4-5-7-33(30)37-34(41)44)25-36(42,12-21-43)40-19-17-39(18-20-40)31-9-13-38(3)14-10-31/h4-7,21-24,31-32H,8-20,25-26H2,1-3H3,(H,37,44)/t32-,36+/m1/s1. The second-order valence-corrected chi connectivity index (χ2v) is 13.8. The fourth-order valence-corrected chi connectivity index (χ4v) is 8.34. The van der Waals surface area contributed by atoms with Crippen LogP contribution in [0, 0.1) is 13.8 Å². The fourth-order valence-electron chi connectivity index (χ4n) is 8.34. The van der Waals surface area contributed by atoms with E-state index in [9.17, 15) is 14.4 Å². The topological polar surface area (TPSA) is 88.7 Å². The minimum atomic E-state index is -0.872. The first kappa shape index (κ1) is 32.5. The van der Waals surface area contributed by atoms with E-state index in [1.54, 1.807) is 0 Å². The van der Waals surface area contributed by atoms with Crippen molar-refractivity contribution in [3.8, 4) is 0 Å². The number of hydrogen-bond acceptors (Lipinski definition) is 7. The van der Waals surface area contributed by atoms with Crippen molar-refractivity contribution < 1.29 is 19.1 Å². The second kappa shape index (κ2) is 14.1. The van der Waals surface area contributed by atoms with Crippen LogP contribution in [0.5, 0.6) is 0 Å². The minimum Gasteiger partial charge on any atom is -0.445 e. The van der Waals surface area contributed by atoms with Crippen molar-refractivity contribution in [3.05, 3.63) is 64.7 Å². The average Bonchev–Trinajstić information content (AvgIpc) is 3.22. The van der Waals surface area contributed by atoms with Gasteiger partial charge in [-0.05, 0) is 76.9 Å². The summed E-state index contributed by atoms with van der Waals surface area (Å²) < 4.78 is 6.00. The number of urea groups is 1. The quantitative estimate of drug-likeness (QED) is 0.451. The SMILES string of the molecule is Cc1cc(C)cc(COC(=O)N2CC[C@@H](N3CCc4ccccc4NC3=O)C[C@@]2(CC=O)N2CCN(C3CCN(C)CC3)CC2)c1. The Morgan fingerprint density at radius 2 is 1.63 bits per heavy atom. The molecule has 0 aromatic heterocycles. The second-order valence-electron chi connectivity index (χ2n) is 13.8. The van der Waals surface area contributed by atoms with Crippen LogP contribution in [0.1, 0.15) is 54.4 Å². The average molecular weight is 631 g/mol. The van der Waals surface area contributed by atoms with Gasteiger partial charge >= 0.3 is 12.1 Å². The summed E-state index contributed by atoms with van der Waals surface area (Å²) in [7, 11) is 2.19. The predicted molar refractivity (Wildman–Crippen MR) is 179 cm³/mol. The normalized spacial score (nSPS) is 25.5. The number of hydrogen-bond donors (Lipinski definition) is 1. The van der Waals surface area contributed by atoms with Crippen LogP contribution in [-0.4, -0.2) is 120 Å². The number of carbonyl (C=O) groups is 3. The van der Waals surface area contributed by atoms with Crippen LogP contribution in [0.4, 0.5) is 15.3 Å². The molecule has 10 nitrogen and oxygen atoms in total. The van der Waals surface area contributed by atoms with Gasteiger partial charge < -0.3 is 24.6 Å². The molecule has 1 N–H and O–H groups in total. The van der Waals surface area contributed by atoms with Crippen LogP contribution in [0.3, 0.4) is 0 Å². The molecule has 3 fully saturated rings. The van der Waals surface area contributed by atoms with Crippen molar-refractivity contribution in [2.24, 2.45) is 0 Å². The summed E-state index contributed by atoms with van der Waals surface area (Å²) in [5.74, 6) is 0. The highest BCUT2D eigenvalue weighted by Crippen LogP contribution is 2.39. The van der Waals surface area contributed by atoms with E-state index < -0.39 is 11.8 Å². The number of ether oxygens (including phenoxy) is 1. The van der Waals surface area contributed by atoms with Gasteiger partial charge in [0.1, 0.15) is 18.6 Å². The Hall–Kier alpha value is -3.47. The Labute approximate surface area is 273 Å². The molecule has 4 heterocycles. The van der Waals surface area contributed by atoms with Crippen molar-refractivity contribution in [2.75, 3.05) is 64.7 Å². The molecule has 0 saturated carbocycles. The lowest BCUT2D eigenvalue weighted by atomic mass is 9.85. The number of benzene rings is 2. The molecule has 2 aromatic carbocycles. The molecule has 2 aromatic rings. The zero-order valence-electron chi connectivity index (χ0n) is 27.7. The van der Waals surface area contributed by atoms with Gasteiger partial charge in [0.15, 0.2) is 0 Å². The van der Waals surface area contributed by atoms with E-state index in [2.05, 4.69) is 39.2 Å². The number of piperazine rings is 1. The molecule has 46 heavy (non-hydrogen) atoms. The van der Waals surface area contributed by atoms with Crippen molar-refractivity contribution >= 4 is 24.1 Å². The van der Waals surface area contributed by atoms with Crippen LogP contribution in [0.25, 0.3) is 0 Å². The predicted octanol–water partition coefficient (Wildman–Crippen LogP) is 4.49. The minimum absolute atomic E-state index is 0.118. The van der Waals surface area contributed by atoms with Crippen molar-refractivity contribution in [1.82, 2.24) is 24.5 Å². The summed E-state index contributed by atoms with van der Waals surface area (Å²) in [5, 5.41) is 3.12. The molecule has 10 heteroatoms. The molecule has 6 rings (SSSR count). The lowest BCUT2D eigenvalue weighted by molar-refractivity contribution is -0.130. The van der Waals surface area contributed by atoms with Crippen molar-refractivity contribution in [3.63, 3.8) is 0 Å². The summed E-state index contributed by atoms with van der Waals surface area (Å²) in [6, 6.07) is 14.5. The van der Waals surface area contributed by atoms with E-state index in [4.69, 9.17) is 4.74 Å². The Kier molecular flexibility index (Phi) is 9.96. The number of nitrogens with zero attached hydrogens (tertiary/aromatic N) is 5. The number of aryl methyl sites for hydroxylation is 2. The van der Waals surface area contributed by atoms with E-state index in [1.807, 2.05) is 54.0 Å². The first-order chi connectivity index (χ1) is 22.3. The van der Waals surface area contributed by atoms with E-state index >= 15 is 0 Å². The van der Waals surface area contributed by atoms with E-state index in [0.717, 1.165) is 79.9 Å². The lowest BCUT2D eigenvalue weighted by Crippen LogP contribution is -2.71. The maximum absolute atomic E-state index is 14.0. The van der Waals surface area contributed by atoms with Crippen LogP contribution in [0.2, 0.25) is 0 Å². The summed E-state index contributed by atoms with van der Waals surface area (Å²) in [5.41, 5.74) is 4.31. The zero-order chi connectivity index (χ0) is 32.3. The van der Waals surface area contributed by atoms with Gasteiger partial charge in [-0.25, -0.2) is 9.59 Å². The van der Waals surface area contributed by atoms with Crippen LogP contribution < -0.4 is 5.32 Å². The molecule has 4 aliphatic rings. The van der Waals surface area contributed by atoms with Gasteiger partial charge in [0.25, 0.3) is 0 Å². The van der Waals surface area contributed by atoms with Gasteiger partial charge in [-0.2, -0.15) is 0 Å². The molecule has 2 atom stereocenters. The maximum atomic E-state index is 14.0. The first-order valence-corrected chi connectivity index (χ1v) is 17.0. The molecule has 0 unspecified atom stereocenters. The van der Waals surface area contributed by atoms with Crippen molar-refractivity contribution in [2.45, 2.75) is 76.7 Å². The fraction of sp³-hybridized carbons (Fsp3) is 0.583. The molecule has 3 amide bonds. The molecule has 4 aliphatic heterocycles. The third kappa shape index (κ3) is 6.94. The van der Waals surface area contributed by atoms with Gasteiger partial charge in [-0.1, -0.05) is 47.5 Å². The molecule has 0 aliphatic carbocycles. The molecule has 0 bridgehead atoms. The number of anilines is 1. The number of carbonyl (C=O) groups excluding carboxylic acids is 3. The number of likely N-dealkylation sites (tertiary alicyclic amines) is 2. The number of para-hydroxylation sites is 1. The Balaban J connectivity index is 1.24. The number of rotatable bonds is 7. The molecule has 0 spiro atoms. The first-order valence-electron chi connectivity index (χ1n) is 17.0. The molecular formula is C36H50N6O4. The van der Waals surface area contributed by atoms with E-state index in [1.165, 1.54) is 12.8 Å². The Morgan fingerprint density at radius 3 is 2.35 bits per heavy atom. The number of aldehydes is 1. The molecule has 0 radical (unpaired) electrons. The number of piperidine rings is 2. The smallest absolute Gasteiger partial charge is 0.411 e. The number of amides is 3. The Bertz CT molecular complexity index is 1380.